The van der Waals surface area contributed by atoms with Crippen LogP contribution in [0.5, 0.6) is 0 Å². The van der Waals surface area contributed by atoms with E-state index >= 15 is 0 Å². The number of nitrogens with zero attached hydrogens (tertiary/aromatic N) is 3. The van der Waals surface area contributed by atoms with Crippen LogP contribution in [0.25, 0.3) is 0 Å². The molecular weight excluding hydrogens is 206 g/mol. The molecule has 0 aromatic carbocycles. The van der Waals surface area contributed by atoms with Gasteiger partial charge in [-0.1, -0.05) is 6.42 Å². The maximum absolute atomic E-state index is 8.72. The van der Waals surface area contributed by atoms with Crippen molar-refractivity contribution >= 4 is 11.3 Å². The van der Waals surface area contributed by atoms with Crippen LogP contribution in [-0.4, -0.2) is 22.5 Å². The van der Waals surface area contributed by atoms with E-state index in [1.54, 1.807) is 6.20 Å². The summed E-state index contributed by atoms with van der Waals surface area (Å²) in [6.07, 6.45) is 5.60. The number of nitriles is 1. The first-order valence-electron chi connectivity index (χ1n) is 5.38. The Hall–Kier alpha value is -0.920. The van der Waals surface area contributed by atoms with Crippen LogP contribution in [-0.2, 0) is 6.54 Å². The zero-order chi connectivity index (χ0) is 10.7. The highest BCUT2D eigenvalue weighted by atomic mass is 32.1. The van der Waals surface area contributed by atoms with Crippen molar-refractivity contribution in [2.75, 3.05) is 6.54 Å². The van der Waals surface area contributed by atoms with Gasteiger partial charge < -0.3 is 0 Å². The molecule has 0 saturated carbocycles. The lowest BCUT2D eigenvalue weighted by Gasteiger charge is -2.32. The van der Waals surface area contributed by atoms with E-state index in [4.69, 9.17) is 5.26 Å². The van der Waals surface area contributed by atoms with Crippen LogP contribution in [0.2, 0.25) is 0 Å². The van der Waals surface area contributed by atoms with Gasteiger partial charge in [-0.15, -0.1) is 11.3 Å². The van der Waals surface area contributed by atoms with Crippen molar-refractivity contribution < 1.29 is 0 Å². The lowest BCUT2D eigenvalue weighted by Crippen LogP contribution is -2.36. The fourth-order valence-corrected chi connectivity index (χ4v) is 2.74. The van der Waals surface area contributed by atoms with Gasteiger partial charge in [0.25, 0.3) is 0 Å². The van der Waals surface area contributed by atoms with Gasteiger partial charge in [0.15, 0.2) is 0 Å². The van der Waals surface area contributed by atoms with Crippen LogP contribution < -0.4 is 0 Å². The Labute approximate surface area is 94.4 Å². The standard InChI is InChI=1S/C11H15N3S/c1-9-4-2-3-5-14(9)8-11-13-7-10(6-12)15-11/h7,9H,2-5,8H2,1H3. The van der Waals surface area contributed by atoms with Crippen LogP contribution in [0.1, 0.15) is 36.1 Å². The summed E-state index contributed by atoms with van der Waals surface area (Å²) < 4.78 is 0. The number of aromatic nitrogens is 1. The number of rotatable bonds is 2. The largest absolute Gasteiger partial charge is 0.294 e. The first-order chi connectivity index (χ1) is 7.29. The lowest BCUT2D eigenvalue weighted by atomic mass is 10.0. The Kier molecular flexibility index (Phi) is 3.34. The van der Waals surface area contributed by atoms with E-state index in [2.05, 4.69) is 22.9 Å². The highest BCUT2D eigenvalue weighted by Crippen LogP contribution is 2.21. The third-order valence-electron chi connectivity index (χ3n) is 2.94. The van der Waals surface area contributed by atoms with Crippen molar-refractivity contribution in [1.82, 2.24) is 9.88 Å². The summed E-state index contributed by atoms with van der Waals surface area (Å²) in [6.45, 7) is 4.36. The Morgan fingerprint density at radius 2 is 2.53 bits per heavy atom. The van der Waals surface area contributed by atoms with Crippen molar-refractivity contribution in [1.29, 1.82) is 5.26 Å². The maximum atomic E-state index is 8.72. The molecule has 0 spiro atoms. The number of likely N-dealkylation sites (tertiary alicyclic amines) is 1. The lowest BCUT2D eigenvalue weighted by molar-refractivity contribution is 0.152. The Bertz CT molecular complexity index is 366. The first kappa shape index (κ1) is 10.6. The molecular formula is C11H15N3S. The van der Waals surface area contributed by atoms with Crippen molar-refractivity contribution in [3.8, 4) is 6.07 Å². The molecule has 0 N–H and O–H groups in total. The molecule has 1 fully saturated rings. The molecule has 0 bridgehead atoms. The summed E-state index contributed by atoms with van der Waals surface area (Å²) in [4.78, 5) is 7.45. The van der Waals surface area contributed by atoms with Crippen LogP contribution >= 0.6 is 11.3 Å². The third-order valence-corrected chi connectivity index (χ3v) is 3.83. The van der Waals surface area contributed by atoms with Crippen molar-refractivity contribution in [3.63, 3.8) is 0 Å². The molecule has 1 aliphatic rings. The predicted octanol–water partition coefficient (Wildman–Crippen LogP) is 2.39. The summed E-state index contributed by atoms with van der Waals surface area (Å²) in [5.41, 5.74) is 0. The monoisotopic (exact) mass is 221 g/mol. The minimum atomic E-state index is 0.660. The molecule has 4 heteroatoms. The van der Waals surface area contributed by atoms with Crippen molar-refractivity contribution in [2.24, 2.45) is 0 Å². The summed E-state index contributed by atoms with van der Waals surface area (Å²) in [5, 5.41) is 9.79. The smallest absolute Gasteiger partial charge is 0.124 e. The zero-order valence-electron chi connectivity index (χ0n) is 8.94. The summed E-state index contributed by atoms with van der Waals surface area (Å²) in [5.74, 6) is 0. The topological polar surface area (TPSA) is 39.9 Å². The van der Waals surface area contributed by atoms with E-state index < -0.39 is 0 Å². The van der Waals surface area contributed by atoms with Gasteiger partial charge in [0.1, 0.15) is 16.0 Å². The van der Waals surface area contributed by atoms with E-state index in [0.717, 1.165) is 16.4 Å². The van der Waals surface area contributed by atoms with Gasteiger partial charge in [0, 0.05) is 6.04 Å². The minimum Gasteiger partial charge on any atom is -0.294 e. The van der Waals surface area contributed by atoms with E-state index in [0.29, 0.717) is 6.04 Å². The third kappa shape index (κ3) is 2.55. The second kappa shape index (κ2) is 4.73. The highest BCUT2D eigenvalue weighted by Gasteiger charge is 2.19. The molecule has 2 heterocycles. The van der Waals surface area contributed by atoms with Gasteiger partial charge >= 0.3 is 0 Å². The second-order valence-corrected chi connectivity index (χ2v) is 5.16. The van der Waals surface area contributed by atoms with E-state index in [1.165, 1.54) is 37.1 Å². The van der Waals surface area contributed by atoms with Crippen LogP contribution in [0, 0.1) is 11.3 Å². The minimum absolute atomic E-state index is 0.660. The number of thiazole rings is 1. The molecule has 1 aromatic rings. The zero-order valence-corrected chi connectivity index (χ0v) is 9.76. The molecule has 80 valence electrons. The van der Waals surface area contributed by atoms with E-state index in [-0.39, 0.29) is 0 Å². The molecule has 15 heavy (non-hydrogen) atoms. The quantitative estimate of drug-likeness (QED) is 0.770. The van der Waals surface area contributed by atoms with Gasteiger partial charge in [-0.2, -0.15) is 5.26 Å². The molecule has 1 saturated heterocycles. The molecule has 1 aromatic heterocycles. The van der Waals surface area contributed by atoms with Crippen LogP contribution in [0.4, 0.5) is 0 Å². The average molecular weight is 221 g/mol. The number of hydrogen-bond acceptors (Lipinski definition) is 4. The maximum Gasteiger partial charge on any atom is 0.124 e. The predicted molar refractivity (Wildman–Crippen MR) is 60.6 cm³/mol. The Morgan fingerprint density at radius 1 is 1.67 bits per heavy atom. The normalized spacial score (nSPS) is 22.5. The number of piperidine rings is 1. The number of hydrogen-bond donors (Lipinski definition) is 0. The fraction of sp³-hybridized carbons (Fsp3) is 0.636. The van der Waals surface area contributed by atoms with E-state index in [9.17, 15) is 0 Å². The molecule has 3 nitrogen and oxygen atoms in total. The molecule has 1 aliphatic heterocycles. The molecule has 0 amide bonds. The summed E-state index contributed by atoms with van der Waals surface area (Å²) in [6, 6.07) is 2.79. The molecule has 0 radical (unpaired) electrons. The average Bonchev–Trinajstić information content (AvgIpc) is 2.69. The van der Waals surface area contributed by atoms with Gasteiger partial charge in [0.05, 0.1) is 12.7 Å². The second-order valence-electron chi connectivity index (χ2n) is 4.05. The summed E-state index contributed by atoms with van der Waals surface area (Å²) in [7, 11) is 0. The van der Waals surface area contributed by atoms with Gasteiger partial charge in [-0.3, -0.25) is 4.90 Å². The van der Waals surface area contributed by atoms with Gasteiger partial charge in [0.2, 0.25) is 0 Å². The highest BCUT2D eigenvalue weighted by molar-refractivity contribution is 7.12. The fourth-order valence-electron chi connectivity index (χ4n) is 2.00. The van der Waals surface area contributed by atoms with Crippen LogP contribution in [0.15, 0.2) is 6.20 Å². The molecule has 1 unspecified atom stereocenters. The van der Waals surface area contributed by atoms with Crippen molar-refractivity contribution in [2.45, 2.75) is 38.8 Å². The SMILES string of the molecule is CC1CCCCN1Cc1ncc(C#N)s1. The van der Waals surface area contributed by atoms with Crippen LogP contribution in [0.3, 0.4) is 0 Å². The van der Waals surface area contributed by atoms with Crippen molar-refractivity contribution in [3.05, 3.63) is 16.1 Å². The summed E-state index contributed by atoms with van der Waals surface area (Å²) >= 11 is 1.51. The molecule has 1 atom stereocenters. The Balaban J connectivity index is 1.98. The molecule has 2 rings (SSSR count). The van der Waals surface area contributed by atoms with Gasteiger partial charge in [-0.05, 0) is 26.3 Å². The van der Waals surface area contributed by atoms with E-state index in [1.807, 2.05) is 0 Å². The Morgan fingerprint density at radius 3 is 3.20 bits per heavy atom. The van der Waals surface area contributed by atoms with Gasteiger partial charge in [-0.25, -0.2) is 4.98 Å². The first-order valence-corrected chi connectivity index (χ1v) is 6.20. The molecule has 0 aliphatic carbocycles.